The molecular weight excluding hydrogens is 385 g/mol. The lowest BCUT2D eigenvalue weighted by atomic mass is 10.0. The molecule has 6 nitrogen and oxygen atoms in total. The van der Waals surface area contributed by atoms with E-state index in [4.69, 9.17) is 5.26 Å². The molecule has 0 fully saturated rings. The van der Waals surface area contributed by atoms with E-state index in [1.807, 2.05) is 0 Å². The molecule has 0 radical (unpaired) electrons. The molecule has 1 atom stereocenters. The number of nitriles is 1. The largest absolute Gasteiger partial charge is 0.328 e. The van der Waals surface area contributed by atoms with E-state index in [0.717, 1.165) is 12.1 Å². The Morgan fingerprint density at radius 2 is 1.90 bits per heavy atom. The molecule has 29 heavy (non-hydrogen) atoms. The van der Waals surface area contributed by atoms with Crippen LogP contribution in [-0.4, -0.2) is 23.0 Å². The maximum Gasteiger partial charge on any atom is 0.322 e. The summed E-state index contributed by atoms with van der Waals surface area (Å²) in [5.74, 6) is -3.12. The standard InChI is InChI=1S/C20H15F3N4O2/c1-10(14-9-25-19(28)17-13(14)4-6-16(22)18(17)23)27(2)20(29)26-12-3-5-15(21)11(7-12)8-24/h3-7,9-10H,1-2H3,(H,25,28)(H,26,29). The average molecular weight is 400 g/mol. The molecule has 0 aliphatic carbocycles. The van der Waals surface area contributed by atoms with Gasteiger partial charge in [0.25, 0.3) is 5.56 Å². The number of H-pyrrole nitrogens is 1. The zero-order chi connectivity index (χ0) is 21.3. The molecular formula is C20H15F3N4O2. The van der Waals surface area contributed by atoms with E-state index < -0.39 is 40.5 Å². The maximum absolute atomic E-state index is 14.1. The molecule has 0 aliphatic heterocycles. The molecule has 3 aromatic rings. The monoisotopic (exact) mass is 400 g/mol. The Morgan fingerprint density at radius 1 is 1.21 bits per heavy atom. The molecule has 1 unspecified atom stereocenters. The average Bonchev–Trinajstić information content (AvgIpc) is 2.71. The number of amides is 2. The molecule has 2 amide bonds. The first-order valence-corrected chi connectivity index (χ1v) is 8.47. The van der Waals surface area contributed by atoms with Gasteiger partial charge >= 0.3 is 6.03 Å². The van der Waals surface area contributed by atoms with Crippen LogP contribution in [0.4, 0.5) is 23.7 Å². The minimum atomic E-state index is -1.26. The third-order valence-corrected chi connectivity index (χ3v) is 4.68. The van der Waals surface area contributed by atoms with Crippen molar-refractivity contribution in [3.63, 3.8) is 0 Å². The van der Waals surface area contributed by atoms with Crippen LogP contribution in [0.3, 0.4) is 0 Å². The van der Waals surface area contributed by atoms with Crippen molar-refractivity contribution >= 4 is 22.5 Å². The molecule has 2 N–H and O–H groups in total. The fourth-order valence-corrected chi connectivity index (χ4v) is 2.94. The Bertz CT molecular complexity index is 1220. The molecule has 0 bridgehead atoms. The molecule has 1 heterocycles. The normalized spacial score (nSPS) is 11.7. The number of carbonyl (C=O) groups is 1. The van der Waals surface area contributed by atoms with Crippen LogP contribution < -0.4 is 10.9 Å². The second-order valence-corrected chi connectivity index (χ2v) is 6.38. The van der Waals surface area contributed by atoms with E-state index >= 15 is 0 Å². The SMILES string of the molecule is CC(c1c[nH]c(=O)c2c(F)c(F)ccc12)N(C)C(=O)Nc1ccc(F)c(C#N)c1. The van der Waals surface area contributed by atoms with Crippen molar-refractivity contribution in [2.24, 2.45) is 0 Å². The number of aromatic amines is 1. The van der Waals surface area contributed by atoms with Gasteiger partial charge in [0.15, 0.2) is 11.6 Å². The van der Waals surface area contributed by atoms with Crippen LogP contribution >= 0.6 is 0 Å². The van der Waals surface area contributed by atoms with Crippen molar-refractivity contribution in [3.05, 3.63) is 75.5 Å². The number of rotatable bonds is 3. The first kappa shape index (κ1) is 19.9. The first-order chi connectivity index (χ1) is 13.7. The van der Waals surface area contributed by atoms with E-state index in [1.54, 1.807) is 13.0 Å². The highest BCUT2D eigenvalue weighted by Gasteiger charge is 2.22. The van der Waals surface area contributed by atoms with Crippen molar-refractivity contribution in [2.75, 3.05) is 12.4 Å². The van der Waals surface area contributed by atoms with Crippen LogP contribution in [0.25, 0.3) is 10.8 Å². The Hall–Kier alpha value is -3.80. The number of pyridine rings is 1. The predicted octanol–water partition coefficient (Wildman–Crippen LogP) is 4.04. The van der Waals surface area contributed by atoms with Crippen LogP contribution in [0.15, 0.2) is 41.3 Å². The fourth-order valence-electron chi connectivity index (χ4n) is 2.94. The topological polar surface area (TPSA) is 89.0 Å². The van der Waals surface area contributed by atoms with Crippen molar-refractivity contribution in [3.8, 4) is 6.07 Å². The number of halogens is 3. The highest BCUT2D eigenvalue weighted by atomic mass is 19.2. The van der Waals surface area contributed by atoms with E-state index in [0.29, 0.717) is 5.56 Å². The van der Waals surface area contributed by atoms with Crippen molar-refractivity contribution in [1.29, 1.82) is 5.26 Å². The van der Waals surface area contributed by atoms with Gasteiger partial charge in [-0.25, -0.2) is 18.0 Å². The maximum atomic E-state index is 14.1. The third kappa shape index (κ3) is 3.65. The smallest absolute Gasteiger partial charge is 0.322 e. The number of nitrogens with zero attached hydrogens (tertiary/aromatic N) is 2. The summed E-state index contributed by atoms with van der Waals surface area (Å²) in [6, 6.07) is 6.20. The van der Waals surface area contributed by atoms with Gasteiger partial charge in [-0.1, -0.05) is 6.07 Å². The number of fused-ring (bicyclic) bond motifs is 1. The first-order valence-electron chi connectivity index (χ1n) is 8.47. The number of benzene rings is 2. The molecule has 2 aromatic carbocycles. The predicted molar refractivity (Wildman–Crippen MR) is 101 cm³/mol. The van der Waals surface area contributed by atoms with Crippen molar-refractivity contribution in [1.82, 2.24) is 9.88 Å². The zero-order valence-corrected chi connectivity index (χ0v) is 15.4. The lowest BCUT2D eigenvalue weighted by molar-refractivity contribution is 0.208. The summed E-state index contributed by atoms with van der Waals surface area (Å²) in [4.78, 5) is 28.1. The summed E-state index contributed by atoms with van der Waals surface area (Å²) in [6.45, 7) is 1.64. The number of carbonyl (C=O) groups excluding carboxylic acids is 1. The minimum Gasteiger partial charge on any atom is -0.328 e. The quantitative estimate of drug-likeness (QED) is 0.695. The second-order valence-electron chi connectivity index (χ2n) is 6.38. The molecule has 9 heteroatoms. The number of anilines is 1. The second kappa shape index (κ2) is 7.67. The third-order valence-electron chi connectivity index (χ3n) is 4.68. The van der Waals surface area contributed by atoms with Crippen LogP contribution in [-0.2, 0) is 0 Å². The number of nitrogens with one attached hydrogen (secondary N) is 2. The molecule has 1 aromatic heterocycles. The number of hydrogen-bond donors (Lipinski definition) is 2. The molecule has 148 valence electrons. The van der Waals surface area contributed by atoms with Crippen LogP contribution in [0.1, 0.15) is 24.1 Å². The number of hydrogen-bond acceptors (Lipinski definition) is 3. The Balaban J connectivity index is 1.92. The van der Waals surface area contributed by atoms with Gasteiger partial charge in [-0.3, -0.25) is 4.79 Å². The highest BCUT2D eigenvalue weighted by molar-refractivity contribution is 5.91. The number of aromatic nitrogens is 1. The summed E-state index contributed by atoms with van der Waals surface area (Å²) >= 11 is 0. The zero-order valence-electron chi connectivity index (χ0n) is 15.4. The van der Waals surface area contributed by atoms with Crippen molar-refractivity contribution in [2.45, 2.75) is 13.0 Å². The summed E-state index contributed by atoms with van der Waals surface area (Å²) in [5, 5.41) is 11.2. The number of urea groups is 1. The minimum absolute atomic E-state index is 0.174. The molecule has 0 spiro atoms. The van der Waals surface area contributed by atoms with Gasteiger partial charge in [0.1, 0.15) is 11.9 Å². The van der Waals surface area contributed by atoms with E-state index in [2.05, 4.69) is 10.3 Å². The highest BCUT2D eigenvalue weighted by Crippen LogP contribution is 2.28. The van der Waals surface area contributed by atoms with Crippen LogP contribution in [0, 0.1) is 28.8 Å². The molecule has 0 saturated carbocycles. The van der Waals surface area contributed by atoms with Gasteiger partial charge in [0.05, 0.1) is 17.0 Å². The van der Waals surface area contributed by atoms with Crippen LogP contribution in [0.5, 0.6) is 0 Å². The van der Waals surface area contributed by atoms with Gasteiger partial charge in [-0.2, -0.15) is 5.26 Å². The summed E-state index contributed by atoms with van der Waals surface area (Å²) in [7, 11) is 1.46. The van der Waals surface area contributed by atoms with Gasteiger partial charge < -0.3 is 15.2 Å². The lowest BCUT2D eigenvalue weighted by Gasteiger charge is -2.26. The Kier molecular flexibility index (Phi) is 5.28. The van der Waals surface area contributed by atoms with Gasteiger partial charge in [-0.05, 0) is 42.1 Å². The molecule has 3 rings (SSSR count). The Morgan fingerprint density at radius 3 is 2.59 bits per heavy atom. The summed E-state index contributed by atoms with van der Waals surface area (Å²) in [6.07, 6.45) is 1.34. The van der Waals surface area contributed by atoms with E-state index in [9.17, 15) is 22.8 Å². The van der Waals surface area contributed by atoms with Gasteiger partial charge in [-0.15, -0.1) is 0 Å². The molecule has 0 saturated heterocycles. The van der Waals surface area contributed by atoms with E-state index in [-0.39, 0.29) is 16.6 Å². The summed E-state index contributed by atoms with van der Waals surface area (Å²) < 4.78 is 41.1. The van der Waals surface area contributed by atoms with Gasteiger partial charge in [0, 0.05) is 18.9 Å². The van der Waals surface area contributed by atoms with E-state index in [1.165, 1.54) is 36.3 Å². The van der Waals surface area contributed by atoms with Crippen molar-refractivity contribution < 1.29 is 18.0 Å². The Labute approximate surface area is 163 Å². The summed E-state index contributed by atoms with van der Waals surface area (Å²) in [5.41, 5.74) is -0.391. The van der Waals surface area contributed by atoms with Gasteiger partial charge in [0.2, 0.25) is 0 Å². The van der Waals surface area contributed by atoms with Crippen LogP contribution in [0.2, 0.25) is 0 Å². The lowest BCUT2D eigenvalue weighted by Crippen LogP contribution is -2.34. The fraction of sp³-hybridized carbons (Fsp3) is 0.150. The molecule has 0 aliphatic rings.